The molecule has 1 heterocycles. The van der Waals surface area contributed by atoms with Crippen LogP contribution in [0, 0.1) is 0 Å². The summed E-state index contributed by atoms with van der Waals surface area (Å²) in [4.78, 5) is 28.2. The summed E-state index contributed by atoms with van der Waals surface area (Å²) in [7, 11) is 0. The van der Waals surface area contributed by atoms with E-state index in [9.17, 15) is 9.59 Å². The Labute approximate surface area is 172 Å². The molecule has 0 aliphatic carbocycles. The van der Waals surface area contributed by atoms with E-state index in [0.29, 0.717) is 37.5 Å². The van der Waals surface area contributed by atoms with Crippen LogP contribution in [0.25, 0.3) is 0 Å². The Hall–Kier alpha value is -2.53. The Morgan fingerprint density at radius 2 is 1.21 bits per heavy atom. The summed E-state index contributed by atoms with van der Waals surface area (Å²) in [5.41, 5.74) is 2.43. The molecule has 5 heteroatoms. The van der Waals surface area contributed by atoms with Gasteiger partial charge in [0.25, 0.3) is 0 Å². The highest BCUT2D eigenvalue weighted by atomic mass is 32.1. The summed E-state index contributed by atoms with van der Waals surface area (Å²) in [6, 6.07) is 20.2. The van der Waals surface area contributed by atoms with Gasteiger partial charge < -0.3 is 0 Å². The van der Waals surface area contributed by atoms with Crippen molar-refractivity contribution in [2.75, 3.05) is 13.1 Å². The fraction of sp³-hybridized carbons (Fsp3) is 0.348. The summed E-state index contributed by atoms with van der Waals surface area (Å²) in [5, 5.41) is 0.367. The predicted octanol–water partition coefficient (Wildman–Crippen LogP) is 3.99. The van der Waals surface area contributed by atoms with Crippen molar-refractivity contribution < 1.29 is 9.59 Å². The second-order valence-electron chi connectivity index (χ2n) is 7.05. The summed E-state index contributed by atoms with van der Waals surface area (Å²) >= 11 is 5.41. The van der Waals surface area contributed by atoms with E-state index >= 15 is 0 Å². The van der Waals surface area contributed by atoms with Crippen LogP contribution in [0.5, 0.6) is 0 Å². The number of carbonyl (C=O) groups is 2. The molecule has 0 bridgehead atoms. The largest absolute Gasteiger partial charge is 0.287 e. The smallest absolute Gasteiger partial charge is 0.229 e. The van der Waals surface area contributed by atoms with E-state index < -0.39 is 0 Å². The maximum absolute atomic E-state index is 12.5. The lowest BCUT2D eigenvalue weighted by molar-refractivity contribution is -0.127. The molecule has 0 saturated carbocycles. The molecule has 1 aliphatic heterocycles. The highest BCUT2D eigenvalue weighted by Gasteiger charge is 2.32. The lowest BCUT2D eigenvalue weighted by atomic mass is 10.1. The van der Waals surface area contributed by atoms with Crippen LogP contribution < -0.4 is 0 Å². The number of rotatable bonds is 8. The molecule has 0 aromatic heterocycles. The van der Waals surface area contributed by atoms with Crippen molar-refractivity contribution in [3.8, 4) is 0 Å². The normalized spacial score (nSPS) is 13.8. The number of benzene rings is 2. The van der Waals surface area contributed by atoms with Crippen LogP contribution in [-0.4, -0.2) is 39.8 Å². The molecule has 0 N–H and O–H groups in total. The van der Waals surface area contributed by atoms with Gasteiger partial charge in [-0.05, 0) is 49.0 Å². The quantitative estimate of drug-likeness (QED) is 0.502. The van der Waals surface area contributed by atoms with Gasteiger partial charge in [-0.1, -0.05) is 60.7 Å². The number of thiocarbonyl (C=S) groups is 1. The number of hydrogen-bond acceptors (Lipinski definition) is 3. The molecule has 2 amide bonds. The highest BCUT2D eigenvalue weighted by Crippen LogP contribution is 2.15. The number of unbranched alkanes of at least 4 members (excludes halogenated alkanes) is 1. The summed E-state index contributed by atoms with van der Waals surface area (Å²) in [5.74, 6) is 0.0182. The monoisotopic (exact) mass is 394 g/mol. The van der Waals surface area contributed by atoms with Gasteiger partial charge in [0.1, 0.15) is 0 Å². The van der Waals surface area contributed by atoms with E-state index in [1.54, 1.807) is 9.80 Å². The van der Waals surface area contributed by atoms with Gasteiger partial charge >= 0.3 is 0 Å². The van der Waals surface area contributed by atoms with Crippen LogP contribution in [-0.2, 0) is 22.4 Å². The van der Waals surface area contributed by atoms with E-state index in [0.717, 1.165) is 24.8 Å². The van der Waals surface area contributed by atoms with Gasteiger partial charge in [-0.15, -0.1) is 0 Å². The first-order valence-corrected chi connectivity index (χ1v) is 10.3. The molecule has 1 aliphatic rings. The molecule has 28 heavy (non-hydrogen) atoms. The van der Waals surface area contributed by atoms with Gasteiger partial charge in [-0.25, -0.2) is 0 Å². The number of nitrogens with zero attached hydrogens (tertiary/aromatic N) is 2. The van der Waals surface area contributed by atoms with Crippen molar-refractivity contribution in [1.29, 1.82) is 0 Å². The van der Waals surface area contributed by atoms with Crippen molar-refractivity contribution in [3.05, 3.63) is 71.8 Å². The molecule has 146 valence electrons. The Morgan fingerprint density at radius 3 is 1.79 bits per heavy atom. The van der Waals surface area contributed by atoms with Crippen LogP contribution in [0.4, 0.5) is 0 Å². The van der Waals surface area contributed by atoms with Crippen LogP contribution in [0.3, 0.4) is 0 Å². The Kier molecular flexibility index (Phi) is 7.31. The van der Waals surface area contributed by atoms with Crippen molar-refractivity contribution in [2.45, 2.75) is 38.5 Å². The van der Waals surface area contributed by atoms with Gasteiger partial charge in [-0.3, -0.25) is 19.4 Å². The third kappa shape index (κ3) is 5.49. The first-order chi connectivity index (χ1) is 13.6. The minimum absolute atomic E-state index is 0.00627. The molecule has 2 aromatic carbocycles. The minimum Gasteiger partial charge on any atom is -0.287 e. The standard InChI is InChI=1S/C23H26N2O2S/c26-21(14-8-7-13-19-9-3-1-4-10-19)24-17-18-25(23(24)28)22(27)16-15-20-11-5-2-6-12-20/h1-6,9-12H,7-8,13-18H2. The molecule has 1 fully saturated rings. The lowest BCUT2D eigenvalue weighted by Gasteiger charge is -2.19. The molecule has 1 saturated heterocycles. The van der Waals surface area contributed by atoms with Gasteiger partial charge in [0.2, 0.25) is 11.8 Å². The molecule has 3 rings (SSSR count). The summed E-state index contributed by atoms with van der Waals surface area (Å²) in [6.45, 7) is 1.01. The van der Waals surface area contributed by atoms with Gasteiger partial charge in [-0.2, -0.15) is 0 Å². The molecule has 0 spiro atoms. The second-order valence-corrected chi connectivity index (χ2v) is 7.42. The molecule has 0 unspecified atom stereocenters. The Bertz CT molecular complexity index is 808. The van der Waals surface area contributed by atoms with Crippen molar-refractivity contribution in [3.63, 3.8) is 0 Å². The van der Waals surface area contributed by atoms with Crippen molar-refractivity contribution in [2.24, 2.45) is 0 Å². The molecular formula is C23H26N2O2S. The van der Waals surface area contributed by atoms with Gasteiger partial charge in [0, 0.05) is 25.9 Å². The third-order valence-electron chi connectivity index (χ3n) is 5.03. The SMILES string of the molecule is O=C(CCCCc1ccccc1)N1CCN(C(=O)CCc2ccccc2)C1=S. The molecule has 4 nitrogen and oxygen atoms in total. The van der Waals surface area contributed by atoms with Crippen molar-refractivity contribution >= 4 is 29.1 Å². The Balaban J connectivity index is 1.41. The van der Waals surface area contributed by atoms with Crippen LogP contribution in [0.1, 0.15) is 36.8 Å². The number of amides is 2. The third-order valence-corrected chi connectivity index (χ3v) is 5.47. The van der Waals surface area contributed by atoms with Crippen molar-refractivity contribution in [1.82, 2.24) is 9.80 Å². The molecule has 2 aromatic rings. The molecule has 0 radical (unpaired) electrons. The van der Waals surface area contributed by atoms with E-state index in [1.165, 1.54) is 5.56 Å². The predicted molar refractivity (Wildman–Crippen MR) is 115 cm³/mol. The zero-order valence-corrected chi connectivity index (χ0v) is 16.9. The zero-order chi connectivity index (χ0) is 19.8. The number of carbonyl (C=O) groups excluding carboxylic acids is 2. The van der Waals surface area contributed by atoms with Crippen LogP contribution >= 0.6 is 12.2 Å². The van der Waals surface area contributed by atoms with E-state index in [4.69, 9.17) is 12.2 Å². The molecular weight excluding hydrogens is 368 g/mol. The van der Waals surface area contributed by atoms with E-state index in [-0.39, 0.29) is 11.8 Å². The number of aryl methyl sites for hydroxylation is 2. The first-order valence-electron chi connectivity index (χ1n) is 9.87. The Morgan fingerprint density at radius 1 is 0.714 bits per heavy atom. The minimum atomic E-state index is -0.00627. The average Bonchev–Trinajstić information content (AvgIpc) is 3.12. The summed E-state index contributed by atoms with van der Waals surface area (Å²) < 4.78 is 0. The maximum Gasteiger partial charge on any atom is 0.229 e. The molecule has 0 atom stereocenters. The average molecular weight is 395 g/mol. The van der Waals surface area contributed by atoms with Gasteiger partial charge in [0.15, 0.2) is 5.11 Å². The van der Waals surface area contributed by atoms with Crippen LogP contribution in [0.2, 0.25) is 0 Å². The summed E-state index contributed by atoms with van der Waals surface area (Å²) in [6.07, 6.45) is 4.34. The lowest BCUT2D eigenvalue weighted by Crippen LogP contribution is -2.38. The fourth-order valence-electron chi connectivity index (χ4n) is 3.42. The first kappa shape index (κ1) is 20.2. The van der Waals surface area contributed by atoms with E-state index in [1.807, 2.05) is 48.5 Å². The number of hydrogen-bond donors (Lipinski definition) is 0. The fourth-order valence-corrected chi connectivity index (χ4v) is 3.80. The van der Waals surface area contributed by atoms with E-state index in [2.05, 4.69) is 12.1 Å². The highest BCUT2D eigenvalue weighted by molar-refractivity contribution is 7.80. The maximum atomic E-state index is 12.5. The second kappa shape index (κ2) is 10.1. The van der Waals surface area contributed by atoms with Gasteiger partial charge in [0.05, 0.1) is 0 Å². The van der Waals surface area contributed by atoms with Crippen LogP contribution in [0.15, 0.2) is 60.7 Å². The zero-order valence-electron chi connectivity index (χ0n) is 16.0. The topological polar surface area (TPSA) is 40.6 Å².